The first-order valence-electron chi connectivity index (χ1n) is 5.04. The van der Waals surface area contributed by atoms with Crippen molar-refractivity contribution in [1.29, 1.82) is 5.26 Å². The van der Waals surface area contributed by atoms with Crippen molar-refractivity contribution in [2.45, 2.75) is 26.3 Å². The van der Waals surface area contributed by atoms with E-state index in [1.54, 1.807) is 6.92 Å². The maximum atomic E-state index is 11.1. The van der Waals surface area contributed by atoms with Gasteiger partial charge in [-0.1, -0.05) is 0 Å². The van der Waals surface area contributed by atoms with Crippen LogP contribution in [0.3, 0.4) is 0 Å². The largest absolute Gasteiger partial charge is 0.342 e. The second-order valence-electron chi connectivity index (χ2n) is 3.70. The molecule has 1 atom stereocenters. The average molecular weight is 195 g/mol. The summed E-state index contributed by atoms with van der Waals surface area (Å²) in [6.07, 6.45) is 0.964. The van der Waals surface area contributed by atoms with Gasteiger partial charge in [0.25, 0.3) is 0 Å². The molecular formula is C10H17N3O. The summed E-state index contributed by atoms with van der Waals surface area (Å²) in [5, 5.41) is 8.78. The van der Waals surface area contributed by atoms with Gasteiger partial charge >= 0.3 is 0 Å². The number of carbonyl (C=O) groups is 1. The predicted octanol–water partition coefficient (Wildman–Crippen LogP) is 0.453. The van der Waals surface area contributed by atoms with E-state index in [1.807, 2.05) is 11.8 Å². The van der Waals surface area contributed by atoms with Crippen molar-refractivity contribution < 1.29 is 4.79 Å². The first kappa shape index (κ1) is 11.0. The minimum absolute atomic E-state index is 0.0399. The first-order chi connectivity index (χ1) is 6.65. The Balaban J connectivity index is 2.49. The van der Waals surface area contributed by atoms with E-state index in [9.17, 15) is 4.79 Å². The summed E-state index contributed by atoms with van der Waals surface area (Å²) in [7, 11) is 0. The van der Waals surface area contributed by atoms with Gasteiger partial charge in [0, 0.05) is 33.1 Å². The van der Waals surface area contributed by atoms with Crippen molar-refractivity contribution in [2.75, 3.05) is 26.2 Å². The van der Waals surface area contributed by atoms with Crippen molar-refractivity contribution in [1.82, 2.24) is 9.80 Å². The fourth-order valence-corrected chi connectivity index (χ4v) is 1.72. The molecule has 0 aliphatic carbocycles. The third kappa shape index (κ3) is 2.71. The van der Waals surface area contributed by atoms with Gasteiger partial charge in [0.2, 0.25) is 5.91 Å². The highest BCUT2D eigenvalue weighted by Gasteiger charge is 2.19. The zero-order valence-corrected chi connectivity index (χ0v) is 8.86. The monoisotopic (exact) mass is 195 g/mol. The van der Waals surface area contributed by atoms with Crippen LogP contribution in [-0.2, 0) is 4.79 Å². The molecule has 4 nitrogen and oxygen atoms in total. The topological polar surface area (TPSA) is 47.3 Å². The molecule has 4 heteroatoms. The number of hydrogen-bond donors (Lipinski definition) is 0. The van der Waals surface area contributed by atoms with Crippen molar-refractivity contribution in [3.63, 3.8) is 0 Å². The van der Waals surface area contributed by atoms with Crippen LogP contribution in [0.1, 0.15) is 20.3 Å². The molecule has 1 rings (SSSR count). The highest BCUT2D eigenvalue weighted by atomic mass is 16.2. The van der Waals surface area contributed by atoms with Gasteiger partial charge in [0.15, 0.2) is 0 Å². The number of nitrogens with zero attached hydrogens (tertiary/aromatic N) is 3. The molecule has 1 fully saturated rings. The van der Waals surface area contributed by atoms with Crippen LogP contribution < -0.4 is 0 Å². The third-order valence-electron chi connectivity index (χ3n) is 2.71. The Hall–Kier alpha value is -1.08. The molecule has 1 aliphatic heterocycles. The molecule has 1 aliphatic rings. The molecule has 1 saturated heterocycles. The highest BCUT2D eigenvalue weighted by molar-refractivity contribution is 5.73. The summed E-state index contributed by atoms with van der Waals surface area (Å²) in [6, 6.07) is 2.19. The summed E-state index contributed by atoms with van der Waals surface area (Å²) in [5.74, 6) is 0.136. The lowest BCUT2D eigenvalue weighted by Crippen LogP contribution is -2.37. The van der Waals surface area contributed by atoms with Gasteiger partial charge < -0.3 is 4.90 Å². The number of amides is 1. The molecule has 0 aromatic heterocycles. The summed E-state index contributed by atoms with van der Waals surface area (Å²) in [6.45, 7) is 6.81. The lowest BCUT2D eigenvalue weighted by Gasteiger charge is -2.22. The van der Waals surface area contributed by atoms with E-state index >= 15 is 0 Å². The minimum atomic E-state index is -0.0399. The van der Waals surface area contributed by atoms with Crippen LogP contribution in [0.25, 0.3) is 0 Å². The van der Waals surface area contributed by atoms with Gasteiger partial charge in [-0.2, -0.15) is 5.26 Å². The van der Waals surface area contributed by atoms with Gasteiger partial charge in [-0.05, 0) is 13.3 Å². The summed E-state index contributed by atoms with van der Waals surface area (Å²) >= 11 is 0. The van der Waals surface area contributed by atoms with E-state index in [-0.39, 0.29) is 11.9 Å². The van der Waals surface area contributed by atoms with Crippen LogP contribution in [0.5, 0.6) is 0 Å². The Labute approximate surface area is 85.1 Å². The molecule has 1 unspecified atom stereocenters. The van der Waals surface area contributed by atoms with Crippen molar-refractivity contribution >= 4 is 5.91 Å². The van der Waals surface area contributed by atoms with Crippen LogP contribution in [0.2, 0.25) is 0 Å². The van der Waals surface area contributed by atoms with Crippen molar-refractivity contribution in [2.24, 2.45) is 0 Å². The number of hydrogen-bond acceptors (Lipinski definition) is 3. The average Bonchev–Trinajstić information content (AvgIpc) is 2.41. The molecule has 1 amide bonds. The number of nitriles is 1. The van der Waals surface area contributed by atoms with Crippen LogP contribution in [0, 0.1) is 11.3 Å². The van der Waals surface area contributed by atoms with Crippen molar-refractivity contribution in [3.05, 3.63) is 0 Å². The van der Waals surface area contributed by atoms with E-state index in [2.05, 4.69) is 11.0 Å². The Morgan fingerprint density at radius 1 is 1.36 bits per heavy atom. The Morgan fingerprint density at radius 3 is 2.64 bits per heavy atom. The molecule has 0 spiro atoms. The smallest absolute Gasteiger partial charge is 0.219 e. The minimum Gasteiger partial charge on any atom is -0.342 e. The molecule has 0 N–H and O–H groups in total. The van der Waals surface area contributed by atoms with E-state index in [4.69, 9.17) is 5.26 Å². The molecule has 0 radical (unpaired) electrons. The predicted molar refractivity (Wildman–Crippen MR) is 53.5 cm³/mol. The second kappa shape index (κ2) is 4.97. The quantitative estimate of drug-likeness (QED) is 0.610. The third-order valence-corrected chi connectivity index (χ3v) is 2.71. The zero-order chi connectivity index (χ0) is 10.6. The van der Waals surface area contributed by atoms with E-state index in [1.165, 1.54) is 0 Å². The fourth-order valence-electron chi connectivity index (χ4n) is 1.72. The molecule has 14 heavy (non-hydrogen) atoms. The van der Waals surface area contributed by atoms with Crippen LogP contribution >= 0.6 is 0 Å². The molecule has 0 bridgehead atoms. The molecule has 0 aromatic rings. The Kier molecular flexibility index (Phi) is 3.90. The van der Waals surface area contributed by atoms with Gasteiger partial charge in [-0.3, -0.25) is 9.69 Å². The first-order valence-corrected chi connectivity index (χ1v) is 5.04. The SMILES string of the molecule is CC(=O)N1CCCN(C(C)C#N)CC1. The summed E-state index contributed by atoms with van der Waals surface area (Å²) in [4.78, 5) is 15.1. The Bertz CT molecular complexity index is 246. The van der Waals surface area contributed by atoms with Gasteiger partial charge in [0.1, 0.15) is 0 Å². The lowest BCUT2D eigenvalue weighted by molar-refractivity contribution is -0.128. The fraction of sp³-hybridized carbons (Fsp3) is 0.800. The van der Waals surface area contributed by atoms with Crippen LogP contribution in [0.15, 0.2) is 0 Å². The zero-order valence-electron chi connectivity index (χ0n) is 8.86. The van der Waals surface area contributed by atoms with Crippen LogP contribution in [0.4, 0.5) is 0 Å². The maximum Gasteiger partial charge on any atom is 0.219 e. The molecule has 0 aromatic carbocycles. The number of carbonyl (C=O) groups excluding carboxylic acids is 1. The van der Waals surface area contributed by atoms with Gasteiger partial charge in [0.05, 0.1) is 12.1 Å². The molecular weight excluding hydrogens is 178 g/mol. The summed E-state index contributed by atoms with van der Waals surface area (Å²) < 4.78 is 0. The van der Waals surface area contributed by atoms with E-state index in [0.717, 1.165) is 32.6 Å². The van der Waals surface area contributed by atoms with Gasteiger partial charge in [-0.15, -0.1) is 0 Å². The Morgan fingerprint density at radius 2 is 2.07 bits per heavy atom. The van der Waals surface area contributed by atoms with Crippen molar-refractivity contribution in [3.8, 4) is 6.07 Å². The normalized spacial score (nSPS) is 21.1. The van der Waals surface area contributed by atoms with E-state index < -0.39 is 0 Å². The highest BCUT2D eigenvalue weighted by Crippen LogP contribution is 2.06. The lowest BCUT2D eigenvalue weighted by atomic mass is 10.3. The number of rotatable bonds is 1. The van der Waals surface area contributed by atoms with E-state index in [0.29, 0.717) is 0 Å². The molecule has 1 heterocycles. The van der Waals surface area contributed by atoms with Gasteiger partial charge in [-0.25, -0.2) is 0 Å². The van der Waals surface area contributed by atoms with Crippen LogP contribution in [-0.4, -0.2) is 47.9 Å². The molecule has 78 valence electrons. The second-order valence-corrected chi connectivity index (χ2v) is 3.70. The maximum absolute atomic E-state index is 11.1. The standard InChI is InChI=1S/C10H17N3O/c1-9(8-11)12-4-3-5-13(7-6-12)10(2)14/h9H,3-7H2,1-2H3. The summed E-state index contributed by atoms with van der Waals surface area (Å²) in [5.41, 5.74) is 0. The molecule has 0 saturated carbocycles.